The van der Waals surface area contributed by atoms with Crippen molar-refractivity contribution >= 4 is 27.0 Å². The van der Waals surface area contributed by atoms with Gasteiger partial charge >= 0.3 is 5.69 Å². The lowest BCUT2D eigenvalue weighted by Crippen LogP contribution is -2.41. The number of carbonyl (C=O) groups is 1. The number of H-pyrrole nitrogens is 2. The fourth-order valence-electron chi connectivity index (χ4n) is 2.04. The van der Waals surface area contributed by atoms with Gasteiger partial charge in [-0.3, -0.25) is 10.2 Å². The first kappa shape index (κ1) is 15.8. The molecular formula is C14H12N4O5S. The first-order valence-electron chi connectivity index (χ1n) is 6.68. The molecule has 10 heteroatoms. The normalized spacial score (nSPS) is 11.5. The molecule has 0 saturated heterocycles. The number of nitrogens with one attached hydrogen (secondary N) is 4. The number of amides is 1. The van der Waals surface area contributed by atoms with Gasteiger partial charge in [-0.2, -0.15) is 0 Å². The molecule has 0 aliphatic rings. The Bertz CT molecular complexity index is 1070. The average Bonchev–Trinajstić information content (AvgIpc) is 2.92. The van der Waals surface area contributed by atoms with Crippen molar-refractivity contribution in [3.8, 4) is 5.75 Å². The molecule has 124 valence electrons. The van der Waals surface area contributed by atoms with Crippen molar-refractivity contribution in [3.05, 3.63) is 58.5 Å². The summed E-state index contributed by atoms with van der Waals surface area (Å²) in [7, 11) is -4.02. The molecule has 0 bridgehead atoms. The third-order valence-corrected chi connectivity index (χ3v) is 4.47. The molecule has 0 spiro atoms. The Morgan fingerprint density at radius 3 is 2.38 bits per heavy atom. The van der Waals surface area contributed by atoms with Gasteiger partial charge in [0.05, 0.1) is 15.9 Å². The molecule has 0 aliphatic heterocycles. The molecule has 0 fully saturated rings. The van der Waals surface area contributed by atoms with Crippen molar-refractivity contribution < 1.29 is 18.3 Å². The summed E-state index contributed by atoms with van der Waals surface area (Å²) >= 11 is 0. The van der Waals surface area contributed by atoms with Crippen LogP contribution in [0.25, 0.3) is 11.0 Å². The van der Waals surface area contributed by atoms with E-state index in [2.05, 4.69) is 15.4 Å². The Balaban J connectivity index is 1.78. The molecular weight excluding hydrogens is 336 g/mol. The van der Waals surface area contributed by atoms with Crippen molar-refractivity contribution in [2.75, 3.05) is 0 Å². The zero-order valence-corrected chi connectivity index (χ0v) is 12.8. The summed E-state index contributed by atoms with van der Waals surface area (Å²) in [6.07, 6.45) is 0. The second-order valence-electron chi connectivity index (χ2n) is 4.89. The van der Waals surface area contributed by atoms with E-state index in [0.29, 0.717) is 11.0 Å². The Hall–Kier alpha value is -3.11. The van der Waals surface area contributed by atoms with Crippen molar-refractivity contribution in [2.45, 2.75) is 4.90 Å². The molecule has 5 N–H and O–H groups in total. The van der Waals surface area contributed by atoms with Crippen LogP contribution in [0.1, 0.15) is 10.4 Å². The molecule has 3 rings (SSSR count). The Morgan fingerprint density at radius 1 is 1.00 bits per heavy atom. The second-order valence-corrected chi connectivity index (χ2v) is 6.58. The highest BCUT2D eigenvalue weighted by Gasteiger charge is 2.17. The minimum absolute atomic E-state index is 0.0130. The number of hydrogen-bond acceptors (Lipinski definition) is 5. The molecule has 0 saturated carbocycles. The van der Waals surface area contributed by atoms with Crippen LogP contribution in [0.2, 0.25) is 0 Å². The molecule has 1 heterocycles. The molecule has 0 unspecified atom stereocenters. The second kappa shape index (κ2) is 5.83. The fourth-order valence-corrected chi connectivity index (χ4v) is 2.90. The number of rotatable bonds is 4. The van der Waals surface area contributed by atoms with E-state index in [0.717, 1.165) is 0 Å². The van der Waals surface area contributed by atoms with Gasteiger partial charge in [0.15, 0.2) is 0 Å². The van der Waals surface area contributed by atoms with Gasteiger partial charge in [0.2, 0.25) is 0 Å². The number of imidazole rings is 1. The lowest BCUT2D eigenvalue weighted by molar-refractivity contribution is 0.0945. The van der Waals surface area contributed by atoms with Crippen LogP contribution in [-0.2, 0) is 10.0 Å². The van der Waals surface area contributed by atoms with Crippen LogP contribution in [0.15, 0.2) is 52.2 Å². The summed E-state index contributed by atoms with van der Waals surface area (Å²) in [6, 6.07) is 9.29. The van der Waals surface area contributed by atoms with Crippen molar-refractivity contribution in [2.24, 2.45) is 0 Å². The van der Waals surface area contributed by atoms with E-state index in [1.54, 1.807) is 0 Å². The molecule has 0 atom stereocenters. The van der Waals surface area contributed by atoms with Crippen molar-refractivity contribution in [1.29, 1.82) is 0 Å². The van der Waals surface area contributed by atoms with E-state index in [4.69, 9.17) is 5.11 Å². The minimum Gasteiger partial charge on any atom is -0.508 e. The van der Waals surface area contributed by atoms with E-state index in [1.807, 2.05) is 4.83 Å². The number of aromatic nitrogens is 2. The summed E-state index contributed by atoms with van der Waals surface area (Å²) in [5, 5.41) is 9.16. The summed E-state index contributed by atoms with van der Waals surface area (Å²) < 4.78 is 24.4. The third kappa shape index (κ3) is 3.14. The Kier molecular flexibility index (Phi) is 3.83. The number of phenols is 1. The predicted molar refractivity (Wildman–Crippen MR) is 84.8 cm³/mol. The van der Waals surface area contributed by atoms with Gasteiger partial charge in [-0.15, -0.1) is 4.83 Å². The Morgan fingerprint density at radius 2 is 1.67 bits per heavy atom. The van der Waals surface area contributed by atoms with Gasteiger partial charge in [-0.25, -0.2) is 13.2 Å². The number of hydrazine groups is 1. The van der Waals surface area contributed by atoms with Gasteiger partial charge in [0, 0.05) is 5.56 Å². The summed E-state index contributed by atoms with van der Waals surface area (Å²) in [5.41, 5.74) is 2.58. The van der Waals surface area contributed by atoms with Crippen LogP contribution in [0.3, 0.4) is 0 Å². The van der Waals surface area contributed by atoms with E-state index in [9.17, 15) is 18.0 Å². The first-order chi connectivity index (χ1) is 11.3. The maximum Gasteiger partial charge on any atom is 0.323 e. The lowest BCUT2D eigenvalue weighted by atomic mass is 10.2. The number of fused-ring (bicyclic) bond motifs is 1. The zero-order valence-electron chi connectivity index (χ0n) is 12.0. The molecule has 0 aliphatic carbocycles. The zero-order chi connectivity index (χ0) is 17.3. The lowest BCUT2D eigenvalue weighted by Gasteiger charge is -2.08. The quantitative estimate of drug-likeness (QED) is 0.427. The molecule has 9 nitrogen and oxygen atoms in total. The summed E-state index contributed by atoms with van der Waals surface area (Å²) in [4.78, 5) is 29.9. The topological polar surface area (TPSA) is 144 Å². The maximum atomic E-state index is 12.2. The number of phenolic OH excluding ortho intramolecular Hbond substituents is 1. The summed E-state index contributed by atoms with van der Waals surface area (Å²) in [5.74, 6) is -0.698. The van der Waals surface area contributed by atoms with Crippen LogP contribution in [0.5, 0.6) is 5.75 Å². The number of aromatic amines is 2. The van der Waals surface area contributed by atoms with Crippen LogP contribution >= 0.6 is 0 Å². The average molecular weight is 348 g/mol. The Labute approximate surface area is 135 Å². The minimum atomic E-state index is -4.02. The highest BCUT2D eigenvalue weighted by molar-refractivity contribution is 7.89. The van der Waals surface area contributed by atoms with Crippen LogP contribution in [0, 0.1) is 0 Å². The third-order valence-electron chi connectivity index (χ3n) is 3.23. The smallest absolute Gasteiger partial charge is 0.323 e. The first-order valence-corrected chi connectivity index (χ1v) is 8.17. The number of benzene rings is 2. The van der Waals surface area contributed by atoms with Gasteiger partial charge in [-0.05, 0) is 42.5 Å². The van der Waals surface area contributed by atoms with E-state index < -0.39 is 21.6 Å². The van der Waals surface area contributed by atoms with Crippen LogP contribution in [0.4, 0.5) is 0 Å². The maximum absolute atomic E-state index is 12.2. The number of aromatic hydroxyl groups is 1. The molecule has 0 radical (unpaired) electrons. The monoisotopic (exact) mass is 348 g/mol. The molecule has 1 aromatic heterocycles. The number of sulfonamides is 1. The standard InChI is InChI=1S/C14H12N4O5S/c19-9-3-1-8(2-4-9)13(20)17-18-24(22,23)10-5-6-11-12(7-10)16-14(21)15-11/h1-7,18-19H,(H,17,20)(H2,15,16,21). The van der Waals surface area contributed by atoms with Gasteiger partial charge < -0.3 is 15.1 Å². The van der Waals surface area contributed by atoms with E-state index in [-0.39, 0.29) is 16.2 Å². The van der Waals surface area contributed by atoms with Crippen LogP contribution in [-0.4, -0.2) is 29.4 Å². The van der Waals surface area contributed by atoms with Crippen molar-refractivity contribution in [1.82, 2.24) is 20.2 Å². The van der Waals surface area contributed by atoms with E-state index in [1.165, 1.54) is 42.5 Å². The molecule has 2 aromatic carbocycles. The number of carbonyl (C=O) groups excluding carboxylic acids is 1. The SMILES string of the molecule is O=C(NNS(=O)(=O)c1ccc2[nH]c(=O)[nH]c2c1)c1ccc(O)cc1. The van der Waals surface area contributed by atoms with Gasteiger partial charge in [0.1, 0.15) is 5.75 Å². The molecule has 24 heavy (non-hydrogen) atoms. The van der Waals surface area contributed by atoms with Gasteiger partial charge in [0.25, 0.3) is 15.9 Å². The fraction of sp³-hybridized carbons (Fsp3) is 0. The van der Waals surface area contributed by atoms with Crippen molar-refractivity contribution in [3.63, 3.8) is 0 Å². The number of hydrogen-bond donors (Lipinski definition) is 5. The van der Waals surface area contributed by atoms with Crippen LogP contribution < -0.4 is 15.9 Å². The highest BCUT2D eigenvalue weighted by atomic mass is 32.2. The van der Waals surface area contributed by atoms with E-state index >= 15 is 0 Å². The molecule has 1 amide bonds. The van der Waals surface area contributed by atoms with Gasteiger partial charge in [-0.1, -0.05) is 0 Å². The summed E-state index contributed by atoms with van der Waals surface area (Å²) in [6.45, 7) is 0. The predicted octanol–water partition coefficient (Wildman–Crippen LogP) is 0.185. The largest absolute Gasteiger partial charge is 0.508 e. The molecule has 3 aromatic rings. The highest BCUT2D eigenvalue weighted by Crippen LogP contribution is 2.14.